The molecule has 0 aliphatic carbocycles. The molecule has 0 spiro atoms. The van der Waals surface area contributed by atoms with Gasteiger partial charge in [-0.2, -0.15) is 0 Å². The van der Waals surface area contributed by atoms with Crippen LogP contribution in [0, 0.1) is 0 Å². The van der Waals surface area contributed by atoms with Crippen LogP contribution in [0.4, 0.5) is 8.78 Å². The van der Waals surface area contributed by atoms with Crippen LogP contribution >= 0.6 is 0 Å². The summed E-state index contributed by atoms with van der Waals surface area (Å²) in [7, 11) is 1.45. The second-order valence-electron chi connectivity index (χ2n) is 4.41. The topological polar surface area (TPSA) is 81.5 Å². The highest BCUT2D eigenvalue weighted by Gasteiger charge is 2.38. The molecule has 1 fully saturated rings. The molecule has 0 radical (unpaired) electrons. The number of carboxylic acid groups (broad SMARTS) is 1. The first kappa shape index (κ1) is 14.7. The lowest BCUT2D eigenvalue weighted by Crippen LogP contribution is -2.37. The third-order valence-electron chi connectivity index (χ3n) is 3.35. The Morgan fingerprint density at radius 3 is 2.65 bits per heavy atom. The van der Waals surface area contributed by atoms with E-state index in [2.05, 4.69) is 9.97 Å². The number of carboxylic acids is 1. The molecule has 0 aromatic carbocycles. The van der Waals surface area contributed by atoms with Crippen LogP contribution in [-0.4, -0.2) is 41.4 Å². The highest BCUT2D eigenvalue weighted by atomic mass is 19.3. The Balaban J connectivity index is 2.46. The van der Waals surface area contributed by atoms with Crippen molar-refractivity contribution in [3.63, 3.8) is 0 Å². The Labute approximate surface area is 113 Å². The van der Waals surface area contributed by atoms with E-state index in [0.29, 0.717) is 26.1 Å². The van der Waals surface area contributed by atoms with Gasteiger partial charge in [0, 0.05) is 39.4 Å². The fourth-order valence-electron chi connectivity index (χ4n) is 2.17. The van der Waals surface area contributed by atoms with Crippen LogP contribution in [0.2, 0.25) is 0 Å². The maximum atomic E-state index is 12.9. The predicted molar refractivity (Wildman–Crippen MR) is 62.7 cm³/mol. The lowest BCUT2D eigenvalue weighted by molar-refractivity contribution is -0.100. The quantitative estimate of drug-likeness (QED) is 0.909. The van der Waals surface area contributed by atoms with Gasteiger partial charge >= 0.3 is 5.97 Å². The van der Waals surface area contributed by atoms with Crippen LogP contribution in [0.1, 0.15) is 41.1 Å². The minimum atomic E-state index is -2.99. The van der Waals surface area contributed by atoms with Crippen LogP contribution in [0.15, 0.2) is 6.20 Å². The number of nitrogens with zero attached hydrogens (tertiary/aromatic N) is 2. The normalized spacial score (nSPS) is 18.2. The van der Waals surface area contributed by atoms with Gasteiger partial charge in [0.25, 0.3) is 6.43 Å². The summed E-state index contributed by atoms with van der Waals surface area (Å²) in [4.78, 5) is 18.5. The van der Waals surface area contributed by atoms with Crippen molar-refractivity contribution in [2.45, 2.75) is 24.9 Å². The van der Waals surface area contributed by atoms with E-state index in [0.717, 1.165) is 6.20 Å². The number of halogens is 2. The molecule has 1 N–H and O–H groups in total. The molecule has 0 amide bonds. The highest BCUT2D eigenvalue weighted by Crippen LogP contribution is 2.34. The third kappa shape index (κ3) is 2.61. The van der Waals surface area contributed by atoms with Crippen molar-refractivity contribution >= 4 is 5.97 Å². The third-order valence-corrected chi connectivity index (χ3v) is 3.35. The molecule has 8 heteroatoms. The smallest absolute Gasteiger partial charge is 0.339 e. The van der Waals surface area contributed by atoms with Crippen molar-refractivity contribution in [3.05, 3.63) is 23.3 Å². The van der Waals surface area contributed by atoms with Crippen LogP contribution < -0.4 is 0 Å². The minimum absolute atomic E-state index is 0.0728. The van der Waals surface area contributed by atoms with Crippen molar-refractivity contribution in [3.8, 4) is 0 Å². The molecule has 2 heterocycles. The van der Waals surface area contributed by atoms with E-state index in [-0.39, 0.29) is 5.82 Å². The number of aromatic nitrogens is 2. The molecule has 1 aromatic rings. The van der Waals surface area contributed by atoms with E-state index in [1.165, 1.54) is 7.11 Å². The second kappa shape index (κ2) is 5.76. The van der Waals surface area contributed by atoms with Gasteiger partial charge in [0.1, 0.15) is 16.9 Å². The number of hydrogen-bond acceptors (Lipinski definition) is 5. The predicted octanol–water partition coefficient (Wildman–Crippen LogP) is 1.76. The maximum absolute atomic E-state index is 12.9. The molecule has 0 bridgehead atoms. The molecule has 20 heavy (non-hydrogen) atoms. The van der Waals surface area contributed by atoms with Gasteiger partial charge in [0.05, 0.1) is 0 Å². The molecule has 2 rings (SSSR count). The first-order valence-electron chi connectivity index (χ1n) is 6.02. The standard InChI is InChI=1S/C12H14F2N2O4/c1-19-12(2-4-20-5-3-12)11-15-6-7(10(17)18)8(16-11)9(13)14/h6,9H,2-5H2,1H3,(H,17,18). The van der Waals surface area contributed by atoms with Gasteiger partial charge in [-0.3, -0.25) is 0 Å². The monoisotopic (exact) mass is 288 g/mol. The maximum Gasteiger partial charge on any atom is 0.339 e. The van der Waals surface area contributed by atoms with E-state index in [9.17, 15) is 13.6 Å². The number of rotatable bonds is 4. The average Bonchev–Trinajstić information content (AvgIpc) is 2.47. The summed E-state index contributed by atoms with van der Waals surface area (Å²) < 4.78 is 36.5. The van der Waals surface area contributed by atoms with Gasteiger partial charge < -0.3 is 14.6 Å². The van der Waals surface area contributed by atoms with Gasteiger partial charge in [-0.1, -0.05) is 0 Å². The Kier molecular flexibility index (Phi) is 4.24. The van der Waals surface area contributed by atoms with Crippen molar-refractivity contribution in [1.29, 1.82) is 0 Å². The Bertz CT molecular complexity index is 504. The van der Waals surface area contributed by atoms with Crippen LogP contribution in [0.5, 0.6) is 0 Å². The Morgan fingerprint density at radius 2 is 2.15 bits per heavy atom. The molecule has 1 aliphatic rings. The van der Waals surface area contributed by atoms with E-state index in [4.69, 9.17) is 14.6 Å². The molecule has 0 saturated carbocycles. The minimum Gasteiger partial charge on any atom is -0.478 e. The molecule has 0 atom stereocenters. The van der Waals surface area contributed by atoms with Gasteiger partial charge in [0.15, 0.2) is 5.82 Å². The van der Waals surface area contributed by atoms with Crippen molar-refractivity contribution in [1.82, 2.24) is 9.97 Å². The fraction of sp³-hybridized carbons (Fsp3) is 0.583. The number of methoxy groups -OCH3 is 1. The number of alkyl halides is 2. The zero-order valence-corrected chi connectivity index (χ0v) is 10.8. The molecular weight excluding hydrogens is 274 g/mol. The van der Waals surface area contributed by atoms with Crippen LogP contribution in [0.3, 0.4) is 0 Å². The summed E-state index contributed by atoms with van der Waals surface area (Å²) in [6.45, 7) is 0.809. The number of ether oxygens (including phenoxy) is 2. The van der Waals surface area contributed by atoms with Crippen molar-refractivity contribution in [2.24, 2.45) is 0 Å². The summed E-state index contributed by atoms with van der Waals surface area (Å²) >= 11 is 0. The van der Waals surface area contributed by atoms with Gasteiger partial charge in [-0.05, 0) is 0 Å². The number of aromatic carboxylic acids is 1. The summed E-state index contributed by atoms with van der Waals surface area (Å²) in [5.41, 5.74) is -2.29. The second-order valence-corrected chi connectivity index (χ2v) is 4.41. The van der Waals surface area contributed by atoms with E-state index < -0.39 is 29.3 Å². The zero-order valence-electron chi connectivity index (χ0n) is 10.8. The fourth-order valence-corrected chi connectivity index (χ4v) is 2.17. The van der Waals surface area contributed by atoms with E-state index >= 15 is 0 Å². The molecule has 6 nitrogen and oxygen atoms in total. The zero-order chi connectivity index (χ0) is 14.8. The molecule has 1 aromatic heterocycles. The van der Waals surface area contributed by atoms with Crippen LogP contribution in [0.25, 0.3) is 0 Å². The molecule has 1 aliphatic heterocycles. The lowest BCUT2D eigenvalue weighted by atomic mass is 9.92. The number of hydrogen-bond donors (Lipinski definition) is 1. The molecular formula is C12H14F2N2O4. The van der Waals surface area contributed by atoms with Gasteiger partial charge in [-0.25, -0.2) is 23.5 Å². The lowest BCUT2D eigenvalue weighted by Gasteiger charge is -2.34. The largest absolute Gasteiger partial charge is 0.478 e. The Hall–Kier alpha value is -1.67. The van der Waals surface area contributed by atoms with E-state index in [1.54, 1.807) is 0 Å². The molecule has 1 saturated heterocycles. The molecule has 0 unspecified atom stereocenters. The highest BCUT2D eigenvalue weighted by molar-refractivity contribution is 5.88. The summed E-state index contributed by atoms with van der Waals surface area (Å²) in [5.74, 6) is -1.41. The first-order chi connectivity index (χ1) is 9.50. The summed E-state index contributed by atoms with van der Waals surface area (Å²) in [5, 5.41) is 8.87. The van der Waals surface area contributed by atoms with Gasteiger partial charge in [-0.15, -0.1) is 0 Å². The number of carbonyl (C=O) groups is 1. The molecule has 110 valence electrons. The van der Waals surface area contributed by atoms with Crippen molar-refractivity contribution in [2.75, 3.05) is 20.3 Å². The van der Waals surface area contributed by atoms with Gasteiger partial charge in [0.2, 0.25) is 0 Å². The summed E-state index contributed by atoms with van der Waals surface area (Å²) in [6, 6.07) is 0. The average molecular weight is 288 g/mol. The summed E-state index contributed by atoms with van der Waals surface area (Å²) in [6.07, 6.45) is -1.23. The first-order valence-corrected chi connectivity index (χ1v) is 6.02. The van der Waals surface area contributed by atoms with Crippen molar-refractivity contribution < 1.29 is 28.2 Å². The SMILES string of the molecule is COC1(c2ncc(C(=O)O)c(C(F)F)n2)CCOCC1. The Morgan fingerprint density at radius 1 is 1.50 bits per heavy atom. The van der Waals surface area contributed by atoms with Crippen LogP contribution in [-0.2, 0) is 15.1 Å². The van der Waals surface area contributed by atoms with E-state index in [1.807, 2.05) is 0 Å².